The number of rotatable bonds is 2. The molecule has 0 aliphatic heterocycles. The molecule has 0 N–H and O–H groups in total. The van der Waals surface area contributed by atoms with Crippen LogP contribution in [0, 0.1) is 20.8 Å². The molecule has 2 aromatic rings. The third-order valence-electron chi connectivity index (χ3n) is 2.57. The summed E-state index contributed by atoms with van der Waals surface area (Å²) in [6.45, 7) is 8.22. The van der Waals surface area contributed by atoms with Crippen molar-refractivity contribution in [2.75, 3.05) is 0 Å². The van der Waals surface area contributed by atoms with Crippen molar-refractivity contribution >= 4 is 23.2 Å². The molecule has 0 amide bonds. The van der Waals surface area contributed by atoms with E-state index in [1.165, 1.54) is 11.1 Å². The van der Waals surface area contributed by atoms with Crippen LogP contribution in [0.15, 0.2) is 41.8 Å². The second-order valence-corrected chi connectivity index (χ2v) is 7.76. The number of hydrogen-bond donors (Lipinski definition) is 0. The molecule has 0 aliphatic rings. The van der Waals surface area contributed by atoms with E-state index in [-0.39, 0.29) is 0 Å². The van der Waals surface area contributed by atoms with Crippen LogP contribution in [0.2, 0.25) is 0 Å². The Bertz CT molecular complexity index is 537. The molecule has 2 nitrogen and oxygen atoms in total. The Morgan fingerprint density at radius 2 is 1.79 bits per heavy atom. The third-order valence-corrected chi connectivity index (χ3v) is 2.57. The topological polar surface area (TPSA) is 17.3 Å². The van der Waals surface area contributed by atoms with E-state index in [0.29, 0.717) is 0 Å². The van der Waals surface area contributed by atoms with Crippen molar-refractivity contribution in [1.29, 1.82) is 0 Å². The molecule has 0 saturated heterocycles. The summed E-state index contributed by atoms with van der Waals surface area (Å²) in [5, 5.41) is 4.33. The van der Waals surface area contributed by atoms with Crippen LogP contribution in [0.1, 0.15) is 22.3 Å². The quantitative estimate of drug-likeness (QED) is 0.543. The van der Waals surface area contributed by atoms with Gasteiger partial charge in [-0.05, 0) is 19.1 Å². The number of benzene rings is 1. The Hall–Kier alpha value is -0.497. The average Bonchev–Trinajstić information content (AvgIpc) is 2.86. The van der Waals surface area contributed by atoms with Crippen LogP contribution in [-0.2, 0) is 20.8 Å². The first-order valence-electron chi connectivity index (χ1n) is 5.65. The van der Waals surface area contributed by atoms with E-state index < -0.39 is 20.8 Å². The number of aromatic nitrogens is 1. The molecule has 0 atom stereocenters. The first-order valence-corrected chi connectivity index (χ1v) is 12.0. The van der Waals surface area contributed by atoms with E-state index in [1.807, 2.05) is 30.7 Å². The molecule has 0 saturated carbocycles. The zero-order chi connectivity index (χ0) is 14.3. The van der Waals surface area contributed by atoms with Crippen molar-refractivity contribution in [1.82, 2.24) is 4.68 Å². The van der Waals surface area contributed by atoms with Gasteiger partial charge in [-0.3, -0.25) is 0 Å². The van der Waals surface area contributed by atoms with Crippen LogP contribution in [0.5, 0.6) is 0 Å². The minimum absolute atomic E-state index is 0.826. The van der Waals surface area contributed by atoms with Crippen LogP contribution in [0.3, 0.4) is 0 Å². The predicted octanol–water partition coefficient (Wildman–Crippen LogP) is 4.55. The van der Waals surface area contributed by atoms with Crippen LogP contribution in [0.25, 0.3) is 0 Å². The van der Waals surface area contributed by atoms with E-state index in [0.717, 1.165) is 11.1 Å². The summed E-state index contributed by atoms with van der Waals surface area (Å²) in [7, 11) is 9.87. The van der Waals surface area contributed by atoms with Gasteiger partial charge in [0.05, 0.1) is 0 Å². The van der Waals surface area contributed by atoms with E-state index in [9.17, 15) is 0 Å². The summed E-state index contributed by atoms with van der Waals surface area (Å²) in [5.74, 6) is 0. The van der Waals surface area contributed by atoms with Crippen molar-refractivity contribution < 1.29 is 20.8 Å². The van der Waals surface area contributed by atoms with Crippen molar-refractivity contribution in [2.45, 2.75) is 13.8 Å². The third kappa shape index (κ3) is 5.56. The molecule has 1 aromatic heterocycles. The number of hydrogen-bond acceptors (Lipinski definition) is 1. The Labute approximate surface area is 133 Å². The molecule has 100 valence electrons. The van der Waals surface area contributed by atoms with Crippen molar-refractivity contribution in [3.8, 4) is 0 Å². The molecule has 0 fully saturated rings. The summed E-state index contributed by atoms with van der Waals surface area (Å²) in [6.07, 6.45) is 5.66. The monoisotopic (exact) mass is 371 g/mol. The fourth-order valence-corrected chi connectivity index (χ4v) is 1.68. The van der Waals surface area contributed by atoms with Gasteiger partial charge in [0.1, 0.15) is 0 Å². The van der Waals surface area contributed by atoms with Crippen LogP contribution in [0.4, 0.5) is 0 Å². The van der Waals surface area contributed by atoms with Gasteiger partial charge in [-0.1, -0.05) is 12.5 Å². The van der Waals surface area contributed by atoms with Gasteiger partial charge >= 0.3 is 37.9 Å². The van der Waals surface area contributed by atoms with Gasteiger partial charge in [-0.25, -0.2) is 4.68 Å². The molecule has 1 aromatic carbocycles. The summed E-state index contributed by atoms with van der Waals surface area (Å²) in [5.41, 5.74) is 4.56. The maximum atomic E-state index is 4.93. The molecule has 0 spiro atoms. The molecule has 0 aliphatic carbocycles. The van der Waals surface area contributed by atoms with Crippen molar-refractivity contribution in [2.24, 2.45) is 5.10 Å². The van der Waals surface area contributed by atoms with E-state index in [2.05, 4.69) is 38.0 Å². The molecular weight excluding hydrogens is 358 g/mol. The predicted molar refractivity (Wildman–Crippen MR) is 79.5 cm³/mol. The fourth-order valence-electron chi connectivity index (χ4n) is 1.68. The summed E-state index contributed by atoms with van der Waals surface area (Å²) in [4.78, 5) is 0. The van der Waals surface area contributed by atoms with Crippen molar-refractivity contribution in [3.05, 3.63) is 65.8 Å². The molecule has 0 bridgehead atoms. The summed E-state index contributed by atoms with van der Waals surface area (Å²) < 4.78 is 1.77. The molecule has 2 rings (SSSR count). The molecule has 5 heteroatoms. The SMILES string of the molecule is [CH2-]c1c(C)cc(C)cc1C=Nn1cccc1.[Cl][Zr][Cl]. The average molecular weight is 373 g/mol. The molecule has 1 heterocycles. The normalized spacial score (nSPS) is 10.1. The zero-order valence-electron chi connectivity index (χ0n) is 10.9. The number of nitrogens with zero attached hydrogens (tertiary/aromatic N) is 2. The minimum atomic E-state index is -0.826. The second-order valence-electron chi connectivity index (χ2n) is 4.03. The Balaban J connectivity index is 0.000000550. The van der Waals surface area contributed by atoms with E-state index >= 15 is 0 Å². The molecule has 0 radical (unpaired) electrons. The first kappa shape index (κ1) is 16.6. The summed E-state index contributed by atoms with van der Waals surface area (Å²) >= 11 is -0.826. The van der Waals surface area contributed by atoms with Gasteiger partial charge < -0.3 is 0 Å². The maximum absolute atomic E-state index is 4.93. The van der Waals surface area contributed by atoms with E-state index in [4.69, 9.17) is 17.0 Å². The molecular formula is C14H15Cl2N2Zr-. The van der Waals surface area contributed by atoms with Gasteiger partial charge in [0.25, 0.3) is 0 Å². The molecule has 0 unspecified atom stereocenters. The second kappa shape index (κ2) is 8.63. The van der Waals surface area contributed by atoms with Crippen LogP contribution >= 0.6 is 17.0 Å². The van der Waals surface area contributed by atoms with Crippen molar-refractivity contribution in [3.63, 3.8) is 0 Å². The Morgan fingerprint density at radius 1 is 1.21 bits per heavy atom. The Kier molecular flexibility index (Phi) is 7.52. The molecule has 19 heavy (non-hydrogen) atoms. The van der Waals surface area contributed by atoms with Gasteiger partial charge in [0.15, 0.2) is 0 Å². The van der Waals surface area contributed by atoms with E-state index in [1.54, 1.807) is 4.68 Å². The Morgan fingerprint density at radius 3 is 2.37 bits per heavy atom. The van der Waals surface area contributed by atoms with Gasteiger partial charge in [-0.2, -0.15) is 23.2 Å². The van der Waals surface area contributed by atoms with Gasteiger partial charge in [-0.15, -0.1) is 17.7 Å². The van der Waals surface area contributed by atoms with Crippen LogP contribution in [-0.4, -0.2) is 10.9 Å². The summed E-state index contributed by atoms with van der Waals surface area (Å²) in [6, 6.07) is 8.13. The van der Waals surface area contributed by atoms with Gasteiger partial charge in [0, 0.05) is 18.6 Å². The number of halogens is 2. The fraction of sp³-hybridized carbons (Fsp3) is 0.143. The number of aryl methyl sites for hydroxylation is 2. The zero-order valence-corrected chi connectivity index (χ0v) is 14.9. The van der Waals surface area contributed by atoms with Gasteiger partial charge in [0.2, 0.25) is 0 Å². The van der Waals surface area contributed by atoms with Crippen LogP contribution < -0.4 is 0 Å². The standard InChI is InChI=1S/C14H15N2.2ClH.Zr/c1-11-8-12(2)13(3)14(9-11)10-15-16-6-4-5-7-16;;;/h4-10H,3H2,1-2H3;2*1H;/q-1;;;+2/p-2. The first-order chi connectivity index (χ1) is 9.08.